The zero-order valence-electron chi connectivity index (χ0n) is 19.0. The van der Waals surface area contributed by atoms with E-state index in [2.05, 4.69) is 10.0 Å². The molecule has 0 aliphatic heterocycles. The van der Waals surface area contributed by atoms with Crippen LogP contribution in [0.2, 0.25) is 0 Å². The molecule has 0 saturated heterocycles. The number of rotatable bonds is 7. The lowest BCUT2D eigenvalue weighted by atomic mass is 10.1. The van der Waals surface area contributed by atoms with Crippen molar-refractivity contribution in [3.05, 3.63) is 94.0 Å². The molecule has 0 radical (unpaired) electrons. The Balaban J connectivity index is 1.65. The van der Waals surface area contributed by atoms with Crippen LogP contribution in [0.4, 0.5) is 5.69 Å². The number of benzene rings is 3. The van der Waals surface area contributed by atoms with Crippen molar-refractivity contribution in [3.63, 3.8) is 0 Å². The van der Waals surface area contributed by atoms with Gasteiger partial charge in [0, 0.05) is 18.8 Å². The number of nitrogens with one attached hydrogen (secondary N) is 2. The first kappa shape index (κ1) is 23.5. The van der Waals surface area contributed by atoms with Gasteiger partial charge in [-0.05, 0) is 49.6 Å². The van der Waals surface area contributed by atoms with Gasteiger partial charge < -0.3 is 9.73 Å². The number of oxazole rings is 1. The van der Waals surface area contributed by atoms with Crippen LogP contribution in [0.5, 0.6) is 0 Å². The van der Waals surface area contributed by atoms with Gasteiger partial charge in [0.15, 0.2) is 5.58 Å². The number of hydrogen-bond acceptors (Lipinski definition) is 5. The molecule has 3 aromatic carbocycles. The maximum Gasteiger partial charge on any atom is 0.419 e. The highest BCUT2D eigenvalue weighted by atomic mass is 32.2. The number of fused-ring (bicyclic) bond motifs is 1. The first-order valence-corrected chi connectivity index (χ1v) is 12.2. The van der Waals surface area contributed by atoms with Crippen LogP contribution in [0.15, 0.2) is 80.8 Å². The van der Waals surface area contributed by atoms with Crippen LogP contribution in [0, 0.1) is 13.8 Å². The van der Waals surface area contributed by atoms with Gasteiger partial charge in [-0.25, -0.2) is 13.2 Å². The summed E-state index contributed by atoms with van der Waals surface area (Å²) in [4.78, 5) is 24.9. The van der Waals surface area contributed by atoms with Crippen LogP contribution in [0.3, 0.4) is 0 Å². The predicted molar refractivity (Wildman–Crippen MR) is 130 cm³/mol. The summed E-state index contributed by atoms with van der Waals surface area (Å²) in [6.07, 6.45) is 0.152. The van der Waals surface area contributed by atoms with Crippen molar-refractivity contribution in [3.8, 4) is 0 Å². The maximum atomic E-state index is 13.2. The van der Waals surface area contributed by atoms with Crippen molar-refractivity contribution < 1.29 is 17.6 Å². The van der Waals surface area contributed by atoms with Crippen molar-refractivity contribution in [1.82, 2.24) is 9.29 Å². The van der Waals surface area contributed by atoms with Crippen LogP contribution in [0.25, 0.3) is 11.1 Å². The topological polar surface area (TPSA) is 110 Å². The SMILES string of the molecule is Cc1ccc(NC(=O)C(Cc2ccccc2)NS(=O)(=O)c2ccc3c(c2)oc(=O)n3C)c(C)c1. The molecule has 4 rings (SSSR count). The Hall–Kier alpha value is -3.69. The van der Waals surface area contributed by atoms with Crippen molar-refractivity contribution in [1.29, 1.82) is 0 Å². The first-order chi connectivity index (χ1) is 16.1. The Labute approximate surface area is 197 Å². The van der Waals surface area contributed by atoms with E-state index in [1.54, 1.807) is 6.07 Å². The summed E-state index contributed by atoms with van der Waals surface area (Å²) < 4.78 is 35.4. The van der Waals surface area contributed by atoms with Gasteiger partial charge in [0.1, 0.15) is 6.04 Å². The van der Waals surface area contributed by atoms with E-state index in [1.165, 1.54) is 29.8 Å². The second kappa shape index (κ2) is 9.28. The second-order valence-corrected chi connectivity index (χ2v) is 9.94. The predicted octanol–water partition coefficient (Wildman–Crippen LogP) is 3.28. The fourth-order valence-corrected chi connectivity index (χ4v) is 4.96. The van der Waals surface area contributed by atoms with Crippen molar-refractivity contribution >= 4 is 32.7 Å². The smallest absolute Gasteiger partial charge is 0.408 e. The lowest BCUT2D eigenvalue weighted by molar-refractivity contribution is -0.117. The second-order valence-electron chi connectivity index (χ2n) is 8.23. The number of aryl methyl sites for hydroxylation is 3. The van der Waals surface area contributed by atoms with Crippen LogP contribution in [-0.2, 0) is 28.3 Å². The van der Waals surface area contributed by atoms with Crippen LogP contribution >= 0.6 is 0 Å². The molecule has 8 nitrogen and oxygen atoms in total. The van der Waals surface area contributed by atoms with Gasteiger partial charge in [0.2, 0.25) is 15.9 Å². The number of amides is 1. The zero-order valence-corrected chi connectivity index (χ0v) is 19.8. The average Bonchev–Trinajstić information content (AvgIpc) is 3.08. The molecule has 34 heavy (non-hydrogen) atoms. The molecule has 0 saturated carbocycles. The monoisotopic (exact) mass is 479 g/mol. The van der Waals surface area contributed by atoms with Gasteiger partial charge in [-0.2, -0.15) is 4.72 Å². The van der Waals surface area contributed by atoms with Crippen LogP contribution < -0.4 is 15.8 Å². The number of aromatic nitrogens is 1. The van der Waals surface area contributed by atoms with E-state index in [4.69, 9.17) is 4.42 Å². The molecule has 1 unspecified atom stereocenters. The highest BCUT2D eigenvalue weighted by Crippen LogP contribution is 2.20. The summed E-state index contributed by atoms with van der Waals surface area (Å²) in [5, 5.41) is 2.84. The Bertz CT molecular complexity index is 1520. The molecule has 1 aromatic heterocycles. The molecule has 1 amide bonds. The lowest BCUT2D eigenvalue weighted by Crippen LogP contribution is -2.45. The molecule has 176 valence electrons. The molecule has 0 spiro atoms. The zero-order chi connectivity index (χ0) is 24.5. The third-order valence-electron chi connectivity index (χ3n) is 5.61. The van der Waals surface area contributed by atoms with E-state index in [0.717, 1.165) is 16.7 Å². The van der Waals surface area contributed by atoms with Gasteiger partial charge >= 0.3 is 5.76 Å². The molecule has 1 atom stereocenters. The van der Waals surface area contributed by atoms with Crippen LogP contribution in [-0.4, -0.2) is 24.9 Å². The molecule has 0 bridgehead atoms. The molecule has 4 aromatic rings. The van der Waals surface area contributed by atoms with Crippen molar-refractivity contribution in [2.45, 2.75) is 31.2 Å². The summed E-state index contributed by atoms with van der Waals surface area (Å²) in [6.45, 7) is 3.83. The number of carbonyl (C=O) groups excluding carboxylic acids is 1. The highest BCUT2D eigenvalue weighted by Gasteiger charge is 2.27. The van der Waals surface area contributed by atoms with Gasteiger partial charge in [-0.1, -0.05) is 48.0 Å². The van der Waals surface area contributed by atoms with E-state index in [1.807, 2.05) is 56.3 Å². The van der Waals surface area contributed by atoms with Gasteiger partial charge in [0.25, 0.3) is 0 Å². The Morgan fingerprint density at radius 1 is 1.03 bits per heavy atom. The van der Waals surface area contributed by atoms with E-state index in [0.29, 0.717) is 11.2 Å². The molecular weight excluding hydrogens is 454 g/mol. The molecular formula is C25H25N3O5S. The van der Waals surface area contributed by atoms with Gasteiger partial charge in [-0.3, -0.25) is 9.36 Å². The number of carbonyl (C=O) groups is 1. The Morgan fingerprint density at radius 2 is 1.76 bits per heavy atom. The number of nitrogens with zero attached hydrogens (tertiary/aromatic N) is 1. The first-order valence-electron chi connectivity index (χ1n) is 10.7. The van der Waals surface area contributed by atoms with Crippen LogP contribution in [0.1, 0.15) is 16.7 Å². The maximum absolute atomic E-state index is 13.2. The van der Waals surface area contributed by atoms with Crippen molar-refractivity contribution in [2.24, 2.45) is 7.05 Å². The summed E-state index contributed by atoms with van der Waals surface area (Å²) in [5.41, 5.74) is 3.96. The van der Waals surface area contributed by atoms with E-state index in [-0.39, 0.29) is 16.9 Å². The summed E-state index contributed by atoms with van der Waals surface area (Å²) in [6, 6.07) is 17.8. The number of sulfonamides is 1. The van der Waals surface area contributed by atoms with E-state index in [9.17, 15) is 18.0 Å². The highest BCUT2D eigenvalue weighted by molar-refractivity contribution is 7.89. The fourth-order valence-electron chi connectivity index (χ4n) is 3.75. The number of anilines is 1. The summed E-state index contributed by atoms with van der Waals surface area (Å²) in [5.74, 6) is -1.07. The standard InChI is InChI=1S/C25H25N3O5S/c1-16-9-11-20(17(2)13-16)26-24(29)21(14-18-7-5-4-6-8-18)27-34(31,32)19-10-12-22-23(15-19)33-25(30)28(22)3/h4-13,15,21,27H,14H2,1-3H3,(H,26,29). The molecule has 9 heteroatoms. The summed E-state index contributed by atoms with van der Waals surface area (Å²) >= 11 is 0. The summed E-state index contributed by atoms with van der Waals surface area (Å²) in [7, 11) is -2.58. The average molecular weight is 480 g/mol. The number of hydrogen-bond donors (Lipinski definition) is 2. The minimum atomic E-state index is -4.11. The Kier molecular flexibility index (Phi) is 6.41. The molecule has 2 N–H and O–H groups in total. The molecule has 0 fully saturated rings. The molecule has 0 aliphatic rings. The Morgan fingerprint density at radius 3 is 2.47 bits per heavy atom. The van der Waals surface area contributed by atoms with Gasteiger partial charge in [-0.15, -0.1) is 0 Å². The minimum Gasteiger partial charge on any atom is -0.408 e. The normalized spacial score (nSPS) is 12.6. The lowest BCUT2D eigenvalue weighted by Gasteiger charge is -2.20. The van der Waals surface area contributed by atoms with E-state index >= 15 is 0 Å². The quantitative estimate of drug-likeness (QED) is 0.423. The minimum absolute atomic E-state index is 0.105. The van der Waals surface area contributed by atoms with E-state index < -0.39 is 27.7 Å². The molecule has 0 aliphatic carbocycles. The largest absolute Gasteiger partial charge is 0.419 e. The van der Waals surface area contributed by atoms with Crippen molar-refractivity contribution in [2.75, 3.05) is 5.32 Å². The fraction of sp³-hybridized carbons (Fsp3) is 0.200. The molecule has 1 heterocycles. The third-order valence-corrected chi connectivity index (χ3v) is 7.08. The third kappa shape index (κ3) is 4.95. The van der Waals surface area contributed by atoms with Gasteiger partial charge in [0.05, 0.1) is 10.4 Å².